The summed E-state index contributed by atoms with van der Waals surface area (Å²) >= 11 is 0. The van der Waals surface area contributed by atoms with E-state index in [4.69, 9.17) is 0 Å². The number of rotatable bonds is 5. The number of nitrogens with one attached hydrogen (secondary N) is 1. The van der Waals surface area contributed by atoms with Gasteiger partial charge in [0.2, 0.25) is 0 Å². The molecule has 1 aliphatic carbocycles. The molecule has 0 saturated heterocycles. The highest BCUT2D eigenvalue weighted by Gasteiger charge is 2.30. The van der Waals surface area contributed by atoms with E-state index >= 15 is 0 Å². The molecular weight excluding hydrogens is 174 g/mol. The van der Waals surface area contributed by atoms with Gasteiger partial charge in [0, 0.05) is 12.6 Å². The normalized spacial score (nSPS) is 27.9. The Hall–Kier alpha value is -0.0800. The lowest BCUT2D eigenvalue weighted by molar-refractivity contribution is 0.155. The maximum atomic E-state index is 9.58. The maximum absolute atomic E-state index is 9.58. The number of aliphatic hydroxyl groups excluding tert-OH is 1. The molecule has 1 saturated carbocycles. The van der Waals surface area contributed by atoms with Crippen molar-refractivity contribution < 1.29 is 5.11 Å². The van der Waals surface area contributed by atoms with E-state index in [2.05, 4.69) is 26.1 Å². The van der Waals surface area contributed by atoms with E-state index in [0.717, 1.165) is 19.4 Å². The van der Waals surface area contributed by atoms with E-state index in [0.29, 0.717) is 11.5 Å². The minimum Gasteiger partial charge on any atom is -0.392 e. The van der Waals surface area contributed by atoms with Gasteiger partial charge in [0.25, 0.3) is 0 Å². The summed E-state index contributed by atoms with van der Waals surface area (Å²) in [7, 11) is 0. The fourth-order valence-electron chi connectivity index (χ4n) is 2.35. The monoisotopic (exact) mass is 199 g/mol. The van der Waals surface area contributed by atoms with E-state index in [9.17, 15) is 5.11 Å². The Bertz CT molecular complexity index is 168. The van der Waals surface area contributed by atoms with Crippen LogP contribution < -0.4 is 5.32 Å². The Morgan fingerprint density at radius 2 is 2.21 bits per heavy atom. The average molecular weight is 199 g/mol. The van der Waals surface area contributed by atoms with Crippen LogP contribution in [0, 0.1) is 5.41 Å². The lowest BCUT2D eigenvalue weighted by atomic mass is 9.92. The lowest BCUT2D eigenvalue weighted by Crippen LogP contribution is -2.34. The predicted molar refractivity (Wildman–Crippen MR) is 60.3 cm³/mol. The Labute approximate surface area is 88.1 Å². The van der Waals surface area contributed by atoms with Crippen LogP contribution in [0.1, 0.15) is 52.9 Å². The van der Waals surface area contributed by atoms with Gasteiger partial charge in [0.1, 0.15) is 0 Å². The van der Waals surface area contributed by atoms with Crippen LogP contribution in [-0.2, 0) is 0 Å². The molecule has 0 spiro atoms. The fourth-order valence-corrected chi connectivity index (χ4v) is 2.35. The second kappa shape index (κ2) is 5.13. The summed E-state index contributed by atoms with van der Waals surface area (Å²) in [6.07, 6.45) is 5.68. The quantitative estimate of drug-likeness (QED) is 0.712. The average Bonchev–Trinajstić information content (AvgIpc) is 2.43. The first-order valence-corrected chi connectivity index (χ1v) is 5.95. The molecule has 1 fully saturated rings. The zero-order chi connectivity index (χ0) is 10.6. The van der Waals surface area contributed by atoms with E-state index in [1.54, 1.807) is 0 Å². The molecule has 84 valence electrons. The van der Waals surface area contributed by atoms with Crippen molar-refractivity contribution in [3.05, 3.63) is 0 Å². The van der Waals surface area contributed by atoms with Crippen LogP contribution in [0.25, 0.3) is 0 Å². The molecule has 0 aliphatic heterocycles. The van der Waals surface area contributed by atoms with Gasteiger partial charge in [0.15, 0.2) is 0 Å². The fraction of sp³-hybridized carbons (Fsp3) is 1.00. The summed E-state index contributed by atoms with van der Waals surface area (Å²) in [6.45, 7) is 7.55. The number of hydrogen-bond donors (Lipinski definition) is 2. The van der Waals surface area contributed by atoms with Crippen LogP contribution in [-0.4, -0.2) is 23.8 Å². The molecule has 1 rings (SSSR count). The molecule has 0 aromatic rings. The maximum Gasteiger partial charge on any atom is 0.0664 e. The number of aliphatic hydroxyl groups is 1. The van der Waals surface area contributed by atoms with Gasteiger partial charge in [-0.05, 0) is 31.1 Å². The van der Waals surface area contributed by atoms with Gasteiger partial charge >= 0.3 is 0 Å². The third-order valence-electron chi connectivity index (χ3n) is 3.23. The van der Waals surface area contributed by atoms with Crippen LogP contribution in [0.3, 0.4) is 0 Å². The van der Waals surface area contributed by atoms with Crippen molar-refractivity contribution in [2.24, 2.45) is 5.41 Å². The zero-order valence-corrected chi connectivity index (χ0v) is 9.84. The third-order valence-corrected chi connectivity index (χ3v) is 3.23. The molecule has 2 heteroatoms. The van der Waals surface area contributed by atoms with E-state index in [1.165, 1.54) is 19.3 Å². The van der Waals surface area contributed by atoms with Gasteiger partial charge in [-0.25, -0.2) is 0 Å². The first kappa shape index (κ1) is 12.0. The standard InChI is InChI=1S/C12H25NO/c1-4-5-11(14)9-13-10-6-7-12(2,3)8-10/h10-11,13-14H,4-9H2,1-3H3. The second-order valence-corrected chi connectivity index (χ2v) is 5.45. The van der Waals surface area contributed by atoms with Crippen molar-refractivity contribution in [2.75, 3.05) is 6.54 Å². The van der Waals surface area contributed by atoms with Gasteiger partial charge in [-0.3, -0.25) is 0 Å². The summed E-state index contributed by atoms with van der Waals surface area (Å²) in [5.41, 5.74) is 0.507. The van der Waals surface area contributed by atoms with Crippen molar-refractivity contribution in [1.82, 2.24) is 5.32 Å². The largest absolute Gasteiger partial charge is 0.392 e. The smallest absolute Gasteiger partial charge is 0.0664 e. The van der Waals surface area contributed by atoms with Gasteiger partial charge in [-0.1, -0.05) is 27.2 Å². The third kappa shape index (κ3) is 3.97. The van der Waals surface area contributed by atoms with Crippen molar-refractivity contribution in [3.63, 3.8) is 0 Å². The van der Waals surface area contributed by atoms with Crippen molar-refractivity contribution in [1.29, 1.82) is 0 Å². The summed E-state index contributed by atoms with van der Waals surface area (Å²) in [5.74, 6) is 0. The highest BCUT2D eigenvalue weighted by atomic mass is 16.3. The van der Waals surface area contributed by atoms with Crippen LogP contribution in [0.2, 0.25) is 0 Å². The molecule has 0 aromatic carbocycles. The lowest BCUT2D eigenvalue weighted by Gasteiger charge is -2.19. The molecule has 0 amide bonds. The Kier molecular flexibility index (Phi) is 4.39. The van der Waals surface area contributed by atoms with Gasteiger partial charge in [-0.15, -0.1) is 0 Å². The summed E-state index contributed by atoms with van der Waals surface area (Å²) < 4.78 is 0. The van der Waals surface area contributed by atoms with Crippen LogP contribution in [0.15, 0.2) is 0 Å². The molecule has 1 aliphatic rings. The highest BCUT2D eigenvalue weighted by molar-refractivity contribution is 4.86. The Morgan fingerprint density at radius 1 is 1.50 bits per heavy atom. The van der Waals surface area contributed by atoms with Crippen molar-refractivity contribution in [2.45, 2.75) is 65.0 Å². The molecule has 0 heterocycles. The summed E-state index contributed by atoms with van der Waals surface area (Å²) in [4.78, 5) is 0. The van der Waals surface area contributed by atoms with E-state index < -0.39 is 0 Å². The summed E-state index contributed by atoms with van der Waals surface area (Å²) in [6, 6.07) is 0.636. The first-order valence-electron chi connectivity index (χ1n) is 5.95. The Balaban J connectivity index is 2.14. The molecule has 2 unspecified atom stereocenters. The molecule has 2 atom stereocenters. The molecule has 0 bridgehead atoms. The topological polar surface area (TPSA) is 32.3 Å². The molecule has 2 nitrogen and oxygen atoms in total. The molecule has 2 N–H and O–H groups in total. The molecule has 0 radical (unpaired) electrons. The minimum absolute atomic E-state index is 0.149. The predicted octanol–water partition coefficient (Wildman–Crippen LogP) is 2.32. The van der Waals surface area contributed by atoms with Gasteiger partial charge in [-0.2, -0.15) is 0 Å². The van der Waals surface area contributed by atoms with Gasteiger partial charge in [0.05, 0.1) is 6.10 Å². The summed E-state index contributed by atoms with van der Waals surface area (Å²) in [5, 5.41) is 13.0. The van der Waals surface area contributed by atoms with E-state index in [1.807, 2.05) is 0 Å². The van der Waals surface area contributed by atoms with Gasteiger partial charge < -0.3 is 10.4 Å². The molecule has 0 aromatic heterocycles. The zero-order valence-electron chi connectivity index (χ0n) is 9.84. The second-order valence-electron chi connectivity index (χ2n) is 5.45. The first-order chi connectivity index (χ1) is 6.53. The van der Waals surface area contributed by atoms with Crippen molar-refractivity contribution in [3.8, 4) is 0 Å². The molecular formula is C12H25NO. The SMILES string of the molecule is CCCC(O)CNC1CCC(C)(C)C1. The number of hydrogen-bond acceptors (Lipinski definition) is 2. The van der Waals surface area contributed by atoms with E-state index in [-0.39, 0.29) is 6.10 Å². The minimum atomic E-state index is -0.149. The molecule has 14 heavy (non-hydrogen) atoms. The van der Waals surface area contributed by atoms with Crippen molar-refractivity contribution >= 4 is 0 Å². The van der Waals surface area contributed by atoms with Crippen LogP contribution in [0.5, 0.6) is 0 Å². The highest BCUT2D eigenvalue weighted by Crippen LogP contribution is 2.36. The van der Waals surface area contributed by atoms with Crippen LogP contribution >= 0.6 is 0 Å². The Morgan fingerprint density at radius 3 is 2.71 bits per heavy atom. The van der Waals surface area contributed by atoms with Crippen LogP contribution in [0.4, 0.5) is 0 Å².